The Morgan fingerprint density at radius 2 is 1.86 bits per heavy atom. The Morgan fingerprint density at radius 3 is 2.57 bits per heavy atom. The van der Waals surface area contributed by atoms with Crippen molar-refractivity contribution < 1.29 is 26.7 Å². The normalized spacial score (nSPS) is 15.6. The average molecular weight is 409 g/mol. The number of hydrogen-bond acceptors (Lipinski definition) is 5. The number of nitrogens with zero attached hydrogens (tertiary/aromatic N) is 2. The molecule has 0 atom stereocenters. The van der Waals surface area contributed by atoms with E-state index >= 15 is 0 Å². The van der Waals surface area contributed by atoms with Crippen molar-refractivity contribution in [2.75, 3.05) is 26.3 Å². The quantitative estimate of drug-likeness (QED) is 0.602. The van der Waals surface area contributed by atoms with Crippen LogP contribution in [-0.4, -0.2) is 51.1 Å². The fourth-order valence-corrected chi connectivity index (χ4v) is 4.01. The summed E-state index contributed by atoms with van der Waals surface area (Å²) in [6.07, 6.45) is 1.15. The van der Waals surface area contributed by atoms with Crippen molar-refractivity contribution in [3.8, 4) is 0 Å². The predicted octanol–water partition coefficient (Wildman–Crippen LogP) is 1.75. The van der Waals surface area contributed by atoms with Crippen molar-refractivity contribution in [2.45, 2.75) is 4.90 Å². The number of carbonyl (C=O) groups excluding carboxylic acids is 1. The fraction of sp³-hybridized carbons (Fsp3) is 0.222. The minimum absolute atomic E-state index is 0.00775. The molecule has 0 saturated carbocycles. The summed E-state index contributed by atoms with van der Waals surface area (Å²) in [6.45, 7) is 1.13. The molecular formula is C18H17F2N3O4S. The van der Waals surface area contributed by atoms with Crippen molar-refractivity contribution in [1.29, 1.82) is 0 Å². The Labute approximate surface area is 160 Å². The fourth-order valence-electron chi connectivity index (χ4n) is 2.56. The first-order valence-electron chi connectivity index (χ1n) is 8.34. The number of hydrogen-bond donors (Lipinski definition) is 1. The summed E-state index contributed by atoms with van der Waals surface area (Å²) in [6, 6.07) is 8.74. The van der Waals surface area contributed by atoms with E-state index in [1.165, 1.54) is 34.6 Å². The first kappa shape index (κ1) is 20.1. The van der Waals surface area contributed by atoms with Crippen LogP contribution in [0.25, 0.3) is 0 Å². The number of ether oxygens (including phenoxy) is 1. The molecule has 2 aromatic carbocycles. The lowest BCUT2D eigenvalue weighted by Crippen LogP contribution is -2.40. The average Bonchev–Trinajstić information content (AvgIpc) is 2.71. The van der Waals surface area contributed by atoms with Crippen molar-refractivity contribution in [2.24, 2.45) is 5.10 Å². The highest BCUT2D eigenvalue weighted by atomic mass is 32.2. The van der Waals surface area contributed by atoms with Gasteiger partial charge in [0.1, 0.15) is 0 Å². The molecule has 0 spiro atoms. The van der Waals surface area contributed by atoms with Crippen LogP contribution >= 0.6 is 0 Å². The van der Waals surface area contributed by atoms with Gasteiger partial charge in [-0.3, -0.25) is 4.79 Å². The molecule has 1 fully saturated rings. The van der Waals surface area contributed by atoms with E-state index in [4.69, 9.17) is 4.74 Å². The maximum Gasteiger partial charge on any atom is 0.271 e. The van der Waals surface area contributed by atoms with Gasteiger partial charge >= 0.3 is 0 Å². The molecule has 28 heavy (non-hydrogen) atoms. The summed E-state index contributed by atoms with van der Waals surface area (Å²) in [7, 11) is -3.73. The largest absolute Gasteiger partial charge is 0.379 e. The highest BCUT2D eigenvalue weighted by molar-refractivity contribution is 7.89. The zero-order valence-electron chi connectivity index (χ0n) is 14.6. The number of hydrazone groups is 1. The Bertz CT molecular complexity index is 1010. The number of sulfonamides is 1. The molecular weight excluding hydrogens is 392 g/mol. The van der Waals surface area contributed by atoms with Crippen LogP contribution in [0.1, 0.15) is 15.9 Å². The second-order valence-corrected chi connectivity index (χ2v) is 7.85. The summed E-state index contributed by atoms with van der Waals surface area (Å²) < 4.78 is 57.8. The van der Waals surface area contributed by atoms with E-state index in [1.54, 1.807) is 0 Å². The Morgan fingerprint density at radius 1 is 1.11 bits per heavy atom. The molecule has 0 unspecified atom stereocenters. The lowest BCUT2D eigenvalue weighted by atomic mass is 10.2. The van der Waals surface area contributed by atoms with Gasteiger partial charge in [-0.15, -0.1) is 0 Å². The molecule has 1 N–H and O–H groups in total. The summed E-state index contributed by atoms with van der Waals surface area (Å²) in [5.74, 6) is -2.66. The molecule has 0 aromatic heterocycles. The van der Waals surface area contributed by atoms with Gasteiger partial charge in [-0.1, -0.05) is 12.1 Å². The van der Waals surface area contributed by atoms with Crippen LogP contribution in [0.3, 0.4) is 0 Å². The van der Waals surface area contributed by atoms with Crippen molar-refractivity contribution >= 4 is 22.1 Å². The molecule has 2 aromatic rings. The summed E-state index contributed by atoms with van der Waals surface area (Å²) in [5.41, 5.74) is 2.57. The third-order valence-corrected chi connectivity index (χ3v) is 5.92. The molecule has 3 rings (SSSR count). The SMILES string of the molecule is O=C(N/N=C\c1ccc(F)c(F)c1)c1cccc(S(=O)(=O)N2CCOCC2)c1. The standard InChI is InChI=1S/C18H17F2N3O4S/c19-16-5-4-13(10-17(16)20)12-21-22-18(24)14-2-1-3-15(11-14)28(25,26)23-6-8-27-9-7-23/h1-5,10-12H,6-9H2,(H,22,24)/b21-12-. The van der Waals surface area contributed by atoms with Crippen LogP contribution in [-0.2, 0) is 14.8 Å². The Hall–Kier alpha value is -2.69. The van der Waals surface area contributed by atoms with Gasteiger partial charge in [0, 0.05) is 18.7 Å². The summed E-state index contributed by atoms with van der Waals surface area (Å²) in [4.78, 5) is 12.2. The van der Waals surface area contributed by atoms with E-state index in [-0.39, 0.29) is 29.1 Å². The molecule has 1 saturated heterocycles. The lowest BCUT2D eigenvalue weighted by Gasteiger charge is -2.26. The van der Waals surface area contributed by atoms with E-state index in [1.807, 2.05) is 0 Å². The van der Waals surface area contributed by atoms with Gasteiger partial charge < -0.3 is 4.74 Å². The molecule has 1 heterocycles. The smallest absolute Gasteiger partial charge is 0.271 e. The number of nitrogens with one attached hydrogen (secondary N) is 1. The molecule has 1 amide bonds. The van der Waals surface area contributed by atoms with Gasteiger partial charge in [0.25, 0.3) is 5.91 Å². The number of halogens is 2. The van der Waals surface area contributed by atoms with Gasteiger partial charge in [-0.2, -0.15) is 9.41 Å². The van der Waals surface area contributed by atoms with Crippen molar-refractivity contribution in [3.05, 3.63) is 65.2 Å². The molecule has 148 valence electrons. The van der Waals surface area contributed by atoms with Crippen LogP contribution in [0.2, 0.25) is 0 Å². The number of benzene rings is 2. The van der Waals surface area contributed by atoms with Gasteiger partial charge in [-0.05, 0) is 35.9 Å². The van der Waals surface area contributed by atoms with Crippen molar-refractivity contribution in [1.82, 2.24) is 9.73 Å². The minimum atomic E-state index is -3.73. The van der Waals surface area contributed by atoms with Gasteiger partial charge in [-0.25, -0.2) is 22.6 Å². The summed E-state index contributed by atoms with van der Waals surface area (Å²) >= 11 is 0. The highest BCUT2D eigenvalue weighted by Crippen LogP contribution is 2.18. The Balaban J connectivity index is 1.71. The third-order valence-electron chi connectivity index (χ3n) is 4.03. The molecule has 10 heteroatoms. The van der Waals surface area contributed by atoms with Gasteiger partial charge in [0.05, 0.1) is 24.3 Å². The molecule has 1 aliphatic heterocycles. The maximum atomic E-state index is 13.1. The highest BCUT2D eigenvalue weighted by Gasteiger charge is 2.26. The number of amides is 1. The monoisotopic (exact) mass is 409 g/mol. The summed E-state index contributed by atoms with van der Waals surface area (Å²) in [5, 5.41) is 3.68. The topological polar surface area (TPSA) is 88.1 Å². The van der Waals surface area contributed by atoms with Crippen LogP contribution in [0.5, 0.6) is 0 Å². The molecule has 0 radical (unpaired) electrons. The number of carbonyl (C=O) groups is 1. The first-order valence-corrected chi connectivity index (χ1v) is 9.78. The second kappa shape index (κ2) is 8.55. The van der Waals surface area contributed by atoms with E-state index in [0.717, 1.165) is 18.3 Å². The maximum absolute atomic E-state index is 13.1. The van der Waals surface area contributed by atoms with E-state index in [2.05, 4.69) is 10.5 Å². The van der Waals surface area contributed by atoms with E-state index in [9.17, 15) is 22.0 Å². The number of morpholine rings is 1. The number of rotatable bonds is 5. The molecule has 1 aliphatic rings. The van der Waals surface area contributed by atoms with Gasteiger partial charge in [0.2, 0.25) is 10.0 Å². The predicted molar refractivity (Wildman–Crippen MR) is 97.4 cm³/mol. The second-order valence-electron chi connectivity index (χ2n) is 5.92. The van der Waals surface area contributed by atoms with Crippen LogP contribution in [0.4, 0.5) is 8.78 Å². The first-order chi connectivity index (χ1) is 13.4. The molecule has 7 nitrogen and oxygen atoms in total. The van der Waals surface area contributed by atoms with Crippen LogP contribution in [0.15, 0.2) is 52.5 Å². The zero-order chi connectivity index (χ0) is 20.1. The van der Waals surface area contributed by atoms with E-state index in [0.29, 0.717) is 13.2 Å². The third kappa shape index (κ3) is 4.58. The van der Waals surface area contributed by atoms with E-state index < -0.39 is 27.6 Å². The van der Waals surface area contributed by atoms with Crippen LogP contribution < -0.4 is 5.43 Å². The Kier molecular flexibility index (Phi) is 6.12. The van der Waals surface area contributed by atoms with Crippen LogP contribution in [0, 0.1) is 11.6 Å². The van der Waals surface area contributed by atoms with Crippen molar-refractivity contribution in [3.63, 3.8) is 0 Å². The zero-order valence-corrected chi connectivity index (χ0v) is 15.5. The minimum Gasteiger partial charge on any atom is -0.379 e. The molecule has 0 aliphatic carbocycles. The van der Waals surface area contributed by atoms with Gasteiger partial charge in [0.15, 0.2) is 11.6 Å². The molecule has 0 bridgehead atoms. The lowest BCUT2D eigenvalue weighted by molar-refractivity contribution is 0.0730.